The molecule has 1 unspecified atom stereocenters. The summed E-state index contributed by atoms with van der Waals surface area (Å²) in [5.41, 5.74) is 0.341. The van der Waals surface area contributed by atoms with Crippen LogP contribution >= 0.6 is 11.6 Å². The number of quaternary nitrogens is 1. The number of hydrogen-bond acceptors (Lipinski definition) is 5. The van der Waals surface area contributed by atoms with Crippen LogP contribution in [0, 0.1) is 10.1 Å². The third-order valence-electron chi connectivity index (χ3n) is 3.93. The van der Waals surface area contributed by atoms with Gasteiger partial charge in [-0.15, -0.1) is 0 Å². The van der Waals surface area contributed by atoms with E-state index < -0.39 is 11.0 Å². The van der Waals surface area contributed by atoms with E-state index >= 15 is 0 Å². The van der Waals surface area contributed by atoms with E-state index in [1.54, 1.807) is 24.3 Å². The molecule has 2 aromatic carbocycles. The molecule has 1 N–H and O–H groups in total. The van der Waals surface area contributed by atoms with E-state index in [0.717, 1.165) is 0 Å². The number of carbonyl (C=O) groups excluding carboxylic acids is 1. The van der Waals surface area contributed by atoms with E-state index in [1.807, 2.05) is 14.1 Å². The number of benzene rings is 2. The molecule has 8 heteroatoms. The van der Waals surface area contributed by atoms with Gasteiger partial charge in [0.15, 0.2) is 0 Å². The molecule has 144 valence electrons. The molecule has 0 fully saturated rings. The highest BCUT2D eigenvalue weighted by molar-refractivity contribution is 6.30. The molecule has 0 aliphatic heterocycles. The summed E-state index contributed by atoms with van der Waals surface area (Å²) in [6.45, 7) is 0.553. The van der Waals surface area contributed by atoms with E-state index in [0.29, 0.717) is 22.9 Å². The Bertz CT molecular complexity index is 791. The molecule has 0 amide bonds. The summed E-state index contributed by atoms with van der Waals surface area (Å²) < 4.78 is 5.78. The number of nitro benzene ring substituents is 1. The van der Waals surface area contributed by atoms with Gasteiger partial charge in [-0.25, -0.2) is 0 Å². The van der Waals surface area contributed by atoms with Crippen LogP contribution in [-0.2, 0) is 0 Å². The van der Waals surface area contributed by atoms with E-state index in [4.69, 9.17) is 16.3 Å². The van der Waals surface area contributed by atoms with Crippen molar-refractivity contribution in [3.63, 3.8) is 0 Å². The number of aliphatic hydroxyl groups excluding tert-OH is 1. The fourth-order valence-electron chi connectivity index (χ4n) is 2.66. The van der Waals surface area contributed by atoms with Crippen molar-refractivity contribution in [3.8, 4) is 5.75 Å². The number of carbonyl (C=O) groups is 1. The van der Waals surface area contributed by atoms with Crippen LogP contribution in [0.5, 0.6) is 5.75 Å². The molecule has 0 saturated carbocycles. The number of aliphatic hydroxyl groups is 1. The molecule has 2 rings (SSSR count). The summed E-state index contributed by atoms with van der Waals surface area (Å²) in [4.78, 5) is 22.6. The molecule has 0 saturated heterocycles. The van der Waals surface area contributed by atoms with Crippen LogP contribution in [-0.4, -0.2) is 60.2 Å². The number of nitrogens with zero attached hydrogens (tertiary/aromatic N) is 2. The molecule has 2 aromatic rings. The van der Waals surface area contributed by atoms with Gasteiger partial charge < -0.3 is 14.3 Å². The van der Waals surface area contributed by atoms with E-state index in [1.165, 1.54) is 24.3 Å². The van der Waals surface area contributed by atoms with Crippen molar-refractivity contribution in [1.29, 1.82) is 0 Å². The highest BCUT2D eigenvalue weighted by Gasteiger charge is 2.25. The van der Waals surface area contributed by atoms with Gasteiger partial charge in [-0.05, 0) is 36.4 Å². The maximum atomic E-state index is 12.4. The van der Waals surface area contributed by atoms with Gasteiger partial charge in [-0.3, -0.25) is 14.9 Å². The zero-order valence-electron chi connectivity index (χ0n) is 15.2. The van der Waals surface area contributed by atoms with Crippen LogP contribution in [0.1, 0.15) is 10.4 Å². The normalized spacial score (nSPS) is 12.4. The van der Waals surface area contributed by atoms with Gasteiger partial charge in [0.05, 0.1) is 19.0 Å². The number of rotatable bonds is 9. The first-order valence-corrected chi connectivity index (χ1v) is 8.70. The minimum atomic E-state index is -0.764. The quantitative estimate of drug-likeness (QED) is 0.306. The number of nitro groups is 1. The van der Waals surface area contributed by atoms with Crippen molar-refractivity contribution in [3.05, 3.63) is 69.2 Å². The molecular formula is C19H22ClN2O5+. The van der Waals surface area contributed by atoms with Crippen molar-refractivity contribution in [2.75, 3.05) is 33.8 Å². The molecule has 0 radical (unpaired) electrons. The Balaban J connectivity index is 1.87. The number of hydrogen-bond donors (Lipinski definition) is 1. The fourth-order valence-corrected chi connectivity index (χ4v) is 2.79. The second kappa shape index (κ2) is 8.94. The van der Waals surface area contributed by atoms with Crippen LogP contribution in [0.25, 0.3) is 0 Å². The lowest BCUT2D eigenvalue weighted by molar-refractivity contribution is -0.885. The standard InChI is InChI=1S/C19H22ClN2O5/c1-22(2,11-17(23)13-27-18-9-5-15(20)6-10-18)12-19(24)14-3-7-16(8-4-14)21(25)26/h3-10,17,23H,11-13H2,1-2H3/q+1. The predicted molar refractivity (Wildman–Crippen MR) is 102 cm³/mol. The smallest absolute Gasteiger partial charge is 0.269 e. The molecular weight excluding hydrogens is 372 g/mol. The number of non-ortho nitro benzene ring substituents is 1. The Labute approximate surface area is 162 Å². The first kappa shape index (κ1) is 20.8. The van der Waals surface area contributed by atoms with Crippen LogP contribution < -0.4 is 4.74 Å². The molecule has 27 heavy (non-hydrogen) atoms. The highest BCUT2D eigenvalue weighted by atomic mass is 35.5. The minimum absolute atomic E-state index is 0.0601. The Kier molecular flexibility index (Phi) is 6.90. The molecule has 0 spiro atoms. The second-order valence-electron chi connectivity index (χ2n) is 6.92. The molecule has 0 aliphatic rings. The Morgan fingerprint density at radius 1 is 1.19 bits per heavy atom. The molecule has 0 bridgehead atoms. The highest BCUT2D eigenvalue weighted by Crippen LogP contribution is 2.16. The van der Waals surface area contributed by atoms with Crippen molar-refractivity contribution in [2.24, 2.45) is 0 Å². The monoisotopic (exact) mass is 393 g/mol. The number of ether oxygens (including phenoxy) is 1. The molecule has 0 aromatic heterocycles. The van der Waals surface area contributed by atoms with Gasteiger partial charge in [-0.2, -0.15) is 0 Å². The van der Waals surface area contributed by atoms with Crippen LogP contribution in [0.15, 0.2) is 48.5 Å². The number of likely N-dealkylation sites (N-methyl/N-ethyl adjacent to an activating group) is 1. The van der Waals surface area contributed by atoms with Gasteiger partial charge in [0.25, 0.3) is 5.69 Å². The average Bonchev–Trinajstić information content (AvgIpc) is 2.60. The zero-order valence-corrected chi connectivity index (χ0v) is 15.9. The summed E-state index contributed by atoms with van der Waals surface area (Å²) in [6, 6.07) is 12.3. The lowest BCUT2D eigenvalue weighted by Crippen LogP contribution is -2.49. The predicted octanol–water partition coefficient (Wildman–Crippen LogP) is 2.95. The van der Waals surface area contributed by atoms with Crippen molar-refractivity contribution < 1.29 is 24.0 Å². The third-order valence-corrected chi connectivity index (χ3v) is 4.18. The Morgan fingerprint density at radius 3 is 2.33 bits per heavy atom. The second-order valence-corrected chi connectivity index (χ2v) is 7.36. The topological polar surface area (TPSA) is 89.7 Å². The van der Waals surface area contributed by atoms with E-state index in [-0.39, 0.29) is 29.1 Å². The largest absolute Gasteiger partial charge is 0.491 e. The van der Waals surface area contributed by atoms with Crippen LogP contribution in [0.3, 0.4) is 0 Å². The van der Waals surface area contributed by atoms with Crippen LogP contribution in [0.4, 0.5) is 5.69 Å². The number of Topliss-reactive ketones (excluding diaryl/α,β-unsaturated/α-hetero) is 1. The SMILES string of the molecule is C[N+](C)(CC(=O)c1ccc([N+](=O)[O-])cc1)CC(O)COc1ccc(Cl)cc1. The summed E-state index contributed by atoms with van der Waals surface area (Å²) >= 11 is 5.81. The number of halogens is 1. The number of ketones is 1. The first-order valence-electron chi connectivity index (χ1n) is 8.32. The summed E-state index contributed by atoms with van der Waals surface area (Å²) in [5.74, 6) is 0.450. The molecule has 7 nitrogen and oxygen atoms in total. The van der Waals surface area contributed by atoms with Crippen LogP contribution in [0.2, 0.25) is 5.02 Å². The third kappa shape index (κ3) is 6.63. The molecule has 0 aliphatic carbocycles. The minimum Gasteiger partial charge on any atom is -0.491 e. The van der Waals surface area contributed by atoms with Crippen molar-refractivity contribution >= 4 is 23.1 Å². The van der Waals surface area contributed by atoms with Gasteiger partial charge in [0.1, 0.15) is 31.5 Å². The van der Waals surface area contributed by atoms with E-state index in [9.17, 15) is 20.0 Å². The summed E-state index contributed by atoms with van der Waals surface area (Å²) in [6.07, 6.45) is -0.764. The van der Waals surface area contributed by atoms with Crippen molar-refractivity contribution in [2.45, 2.75) is 6.10 Å². The van der Waals surface area contributed by atoms with Crippen molar-refractivity contribution in [1.82, 2.24) is 0 Å². The Hall–Kier alpha value is -2.48. The Morgan fingerprint density at radius 2 is 1.78 bits per heavy atom. The molecule has 0 heterocycles. The maximum absolute atomic E-state index is 12.4. The maximum Gasteiger partial charge on any atom is 0.269 e. The summed E-state index contributed by atoms with van der Waals surface area (Å²) in [5, 5.41) is 21.5. The lowest BCUT2D eigenvalue weighted by Gasteiger charge is -2.31. The van der Waals surface area contributed by atoms with Gasteiger partial charge in [0, 0.05) is 22.7 Å². The fraction of sp³-hybridized carbons (Fsp3) is 0.316. The first-order chi connectivity index (χ1) is 12.7. The van der Waals surface area contributed by atoms with E-state index in [2.05, 4.69) is 0 Å². The average molecular weight is 394 g/mol. The van der Waals surface area contributed by atoms with Gasteiger partial charge in [-0.1, -0.05) is 11.6 Å². The van der Waals surface area contributed by atoms with Gasteiger partial charge >= 0.3 is 0 Å². The van der Waals surface area contributed by atoms with Gasteiger partial charge in [0.2, 0.25) is 5.78 Å². The molecule has 1 atom stereocenters. The summed E-state index contributed by atoms with van der Waals surface area (Å²) in [7, 11) is 3.66. The lowest BCUT2D eigenvalue weighted by atomic mass is 10.1. The zero-order chi connectivity index (χ0) is 20.0.